The molecule has 0 saturated carbocycles. The van der Waals surface area contributed by atoms with Crippen molar-refractivity contribution < 1.29 is 33.7 Å². The zero-order valence-electron chi connectivity index (χ0n) is 26.8. The highest BCUT2D eigenvalue weighted by atomic mass is 35.5. The highest BCUT2D eigenvalue weighted by molar-refractivity contribution is 6.41. The minimum atomic E-state index is -0.915. The number of benzene rings is 2. The van der Waals surface area contributed by atoms with E-state index in [4.69, 9.17) is 42.5 Å². The third-order valence-electron chi connectivity index (χ3n) is 7.38. The number of carboxylic acids is 1. The van der Waals surface area contributed by atoms with Crippen LogP contribution in [0.4, 0.5) is 33.5 Å². The number of amides is 3. The molecule has 1 fully saturated rings. The summed E-state index contributed by atoms with van der Waals surface area (Å²) < 4.78 is 15.7. The molecular weight excluding hydrogens is 667 g/mol. The number of hydrogen-bond acceptors (Lipinski definition) is 11. The van der Waals surface area contributed by atoms with Crippen molar-refractivity contribution in [1.82, 2.24) is 20.2 Å². The number of rotatable bonds is 15. The van der Waals surface area contributed by atoms with Gasteiger partial charge in [-0.15, -0.1) is 0 Å². The third-order valence-corrected chi connectivity index (χ3v) is 8.13. The topological polar surface area (TPSA) is 171 Å². The number of methoxy groups -OCH3 is 2. The molecule has 0 bridgehead atoms. The van der Waals surface area contributed by atoms with E-state index in [2.05, 4.69) is 35.7 Å². The number of ether oxygens (including phenoxy) is 3. The molecule has 4 rings (SSSR count). The van der Waals surface area contributed by atoms with Crippen molar-refractivity contribution in [3.05, 3.63) is 52.8 Å². The van der Waals surface area contributed by atoms with Crippen molar-refractivity contribution in [3.63, 3.8) is 0 Å². The average molecular weight is 706 g/mol. The largest absolute Gasteiger partial charge is 0.495 e. The molecule has 3 aromatic rings. The average Bonchev–Trinajstić information content (AvgIpc) is 3.08. The van der Waals surface area contributed by atoms with Gasteiger partial charge in [-0.3, -0.25) is 19.4 Å². The highest BCUT2D eigenvalue weighted by Gasteiger charge is 2.22. The van der Waals surface area contributed by atoms with Crippen LogP contribution in [0.3, 0.4) is 0 Å². The van der Waals surface area contributed by atoms with Gasteiger partial charge in [-0.05, 0) is 24.3 Å². The predicted octanol–water partition coefficient (Wildman–Crippen LogP) is 3.94. The maximum Gasteiger partial charge on any atom is 0.327 e. The van der Waals surface area contributed by atoms with Crippen LogP contribution >= 0.6 is 23.2 Å². The molecule has 1 saturated heterocycles. The van der Waals surface area contributed by atoms with Crippen LogP contribution in [0.1, 0.15) is 6.42 Å². The Bertz CT molecular complexity index is 1540. The van der Waals surface area contributed by atoms with E-state index < -0.39 is 12.0 Å². The first-order valence-corrected chi connectivity index (χ1v) is 15.7. The second kappa shape index (κ2) is 17.5. The molecule has 1 aromatic heterocycles. The van der Waals surface area contributed by atoms with Gasteiger partial charge in [0.2, 0.25) is 5.91 Å². The molecule has 0 unspecified atom stereocenters. The first kappa shape index (κ1) is 36.3. The maximum atomic E-state index is 13.1. The normalized spacial score (nSPS) is 13.1. The summed E-state index contributed by atoms with van der Waals surface area (Å²) in [5.74, 6) is 0.362. The fraction of sp³-hybridized carbons (Fsp3) is 0.387. The highest BCUT2D eigenvalue weighted by Crippen LogP contribution is 2.44. The van der Waals surface area contributed by atoms with Crippen LogP contribution in [0, 0.1) is 0 Å². The Morgan fingerprint density at radius 2 is 1.62 bits per heavy atom. The molecule has 258 valence electrons. The van der Waals surface area contributed by atoms with E-state index in [1.807, 2.05) is 24.3 Å². The summed E-state index contributed by atoms with van der Waals surface area (Å²) in [6.45, 7) is 4.03. The van der Waals surface area contributed by atoms with Crippen molar-refractivity contribution in [2.75, 3.05) is 94.2 Å². The number of aliphatic carboxylic acids is 1. The first-order chi connectivity index (χ1) is 23.1. The standard InChI is InChI=1S/C31H38Cl2N8O7/c1-39(31(45)38-30-28(32)22(46-2)16-23(47-3)29(30)33)25-17-24(35-19-36-25)37-20-4-6-21(7-5-20)41-12-10-40(11-13-41)18-26(42)34-9-15-48-14-8-27(43)44/h4-7,16-17,19H,8-15,18H2,1-3H3,(H,34,42)(H,38,45)(H,43,44)(H,35,36,37). The van der Waals surface area contributed by atoms with Crippen LogP contribution in [0.5, 0.6) is 11.5 Å². The van der Waals surface area contributed by atoms with Gasteiger partial charge >= 0.3 is 12.0 Å². The fourth-order valence-electron chi connectivity index (χ4n) is 4.74. The van der Waals surface area contributed by atoms with Gasteiger partial charge in [-0.2, -0.15) is 0 Å². The summed E-state index contributed by atoms with van der Waals surface area (Å²) in [6.07, 6.45) is 1.29. The third kappa shape index (κ3) is 9.97. The molecule has 15 nitrogen and oxygen atoms in total. The van der Waals surface area contributed by atoms with Crippen LogP contribution in [-0.2, 0) is 14.3 Å². The number of aromatic nitrogens is 2. The van der Waals surface area contributed by atoms with E-state index in [1.54, 1.807) is 13.1 Å². The van der Waals surface area contributed by atoms with Crippen LogP contribution in [-0.4, -0.2) is 112 Å². The van der Waals surface area contributed by atoms with Crippen molar-refractivity contribution in [3.8, 4) is 11.5 Å². The Morgan fingerprint density at radius 3 is 2.25 bits per heavy atom. The van der Waals surface area contributed by atoms with E-state index in [0.717, 1.165) is 37.6 Å². The number of hydrogen-bond donors (Lipinski definition) is 4. The van der Waals surface area contributed by atoms with Crippen molar-refractivity contribution in [1.29, 1.82) is 0 Å². The number of anilines is 5. The quantitative estimate of drug-likeness (QED) is 0.168. The molecule has 17 heteroatoms. The lowest BCUT2D eigenvalue weighted by molar-refractivity contribution is -0.138. The van der Waals surface area contributed by atoms with Gasteiger partial charge in [-0.25, -0.2) is 14.8 Å². The summed E-state index contributed by atoms with van der Waals surface area (Å²) in [5, 5.41) is 17.6. The van der Waals surface area contributed by atoms with E-state index in [-0.39, 0.29) is 52.8 Å². The summed E-state index contributed by atoms with van der Waals surface area (Å²) in [5.41, 5.74) is 1.98. The summed E-state index contributed by atoms with van der Waals surface area (Å²) in [4.78, 5) is 50.0. The molecule has 0 radical (unpaired) electrons. The van der Waals surface area contributed by atoms with Crippen LogP contribution in [0.25, 0.3) is 0 Å². The van der Waals surface area contributed by atoms with E-state index in [0.29, 0.717) is 24.7 Å². The van der Waals surface area contributed by atoms with Crippen molar-refractivity contribution in [2.45, 2.75) is 6.42 Å². The van der Waals surface area contributed by atoms with E-state index in [1.165, 1.54) is 31.5 Å². The summed E-state index contributed by atoms with van der Waals surface area (Å²) in [7, 11) is 4.43. The van der Waals surface area contributed by atoms with Crippen LogP contribution in [0.15, 0.2) is 42.7 Å². The molecule has 1 aliphatic rings. The summed E-state index contributed by atoms with van der Waals surface area (Å²) in [6, 6.07) is 10.5. The molecule has 2 heterocycles. The number of nitrogens with one attached hydrogen (secondary N) is 3. The van der Waals surface area contributed by atoms with Gasteiger partial charge < -0.3 is 40.2 Å². The van der Waals surface area contributed by atoms with Gasteiger partial charge in [0.25, 0.3) is 0 Å². The second-order valence-electron chi connectivity index (χ2n) is 10.6. The SMILES string of the molecule is COc1cc(OC)c(Cl)c(NC(=O)N(C)c2cc(Nc3ccc(N4CCN(CC(=O)NCCOCCC(=O)O)CC4)cc3)ncn2)c1Cl. The van der Waals surface area contributed by atoms with Gasteiger partial charge in [0.1, 0.15) is 39.5 Å². The second-order valence-corrected chi connectivity index (χ2v) is 11.3. The molecule has 2 aromatic carbocycles. The maximum absolute atomic E-state index is 13.1. The number of carbonyl (C=O) groups excluding carboxylic acids is 2. The number of carboxylic acid groups (broad SMARTS) is 1. The molecule has 48 heavy (non-hydrogen) atoms. The lowest BCUT2D eigenvalue weighted by Gasteiger charge is -2.35. The molecule has 4 N–H and O–H groups in total. The van der Waals surface area contributed by atoms with Crippen molar-refractivity contribution in [2.24, 2.45) is 0 Å². The minimum Gasteiger partial charge on any atom is -0.495 e. The minimum absolute atomic E-state index is 0.0588. The van der Waals surface area contributed by atoms with Crippen molar-refractivity contribution >= 4 is 69.8 Å². The molecular formula is C31H38Cl2N8O7. The lowest BCUT2D eigenvalue weighted by atomic mass is 10.2. The van der Waals surface area contributed by atoms with E-state index >= 15 is 0 Å². The Labute approximate surface area is 288 Å². The van der Waals surface area contributed by atoms with Crippen LogP contribution < -0.4 is 35.2 Å². The molecule has 0 spiro atoms. The Kier molecular flexibility index (Phi) is 13.3. The van der Waals surface area contributed by atoms with Gasteiger partial charge in [0.05, 0.1) is 46.1 Å². The molecule has 3 amide bonds. The number of carbonyl (C=O) groups is 3. The first-order valence-electron chi connectivity index (χ1n) is 15.0. The zero-order valence-corrected chi connectivity index (χ0v) is 28.3. The zero-order chi connectivity index (χ0) is 34.6. The monoisotopic (exact) mass is 704 g/mol. The van der Waals surface area contributed by atoms with Gasteiger partial charge in [-0.1, -0.05) is 23.2 Å². The van der Waals surface area contributed by atoms with Gasteiger partial charge in [0, 0.05) is 63.3 Å². The lowest BCUT2D eigenvalue weighted by Crippen LogP contribution is -2.49. The van der Waals surface area contributed by atoms with Crippen LogP contribution in [0.2, 0.25) is 10.0 Å². The van der Waals surface area contributed by atoms with Gasteiger partial charge in [0.15, 0.2) is 0 Å². The smallest absolute Gasteiger partial charge is 0.327 e. The predicted molar refractivity (Wildman–Crippen MR) is 183 cm³/mol. The van der Waals surface area contributed by atoms with E-state index in [9.17, 15) is 14.4 Å². The summed E-state index contributed by atoms with van der Waals surface area (Å²) >= 11 is 12.8. The number of piperazine rings is 1. The molecule has 0 atom stereocenters. The number of urea groups is 1. The molecule has 0 aliphatic carbocycles. The Hall–Kier alpha value is -4.57. The number of halogens is 2. The Balaban J connectivity index is 1.26. The molecule has 1 aliphatic heterocycles. The fourth-order valence-corrected chi connectivity index (χ4v) is 5.34. The number of nitrogens with zero attached hydrogens (tertiary/aromatic N) is 5. The Morgan fingerprint density at radius 1 is 0.958 bits per heavy atom.